The maximum Gasteiger partial charge on any atom is 0.0351 e. The molecule has 0 atom stereocenters. The van der Waals surface area contributed by atoms with Crippen molar-refractivity contribution in [3.8, 4) is 0 Å². The Balaban J connectivity index is 1.93. The highest BCUT2D eigenvalue weighted by atomic mass is 35.5. The van der Waals surface area contributed by atoms with Gasteiger partial charge >= 0.3 is 0 Å². The minimum absolute atomic E-state index is 0.751. The van der Waals surface area contributed by atoms with Crippen molar-refractivity contribution in [3.63, 3.8) is 0 Å². The number of hydrogen-bond acceptors (Lipinski definition) is 2. The molecule has 1 aliphatic rings. The van der Waals surface area contributed by atoms with Gasteiger partial charge in [0.25, 0.3) is 0 Å². The van der Waals surface area contributed by atoms with Crippen molar-refractivity contribution in [2.75, 3.05) is 12.4 Å². The van der Waals surface area contributed by atoms with Crippen LogP contribution in [0.15, 0.2) is 16.8 Å². The fraction of sp³-hybridized carbons (Fsp3) is 0.667. The van der Waals surface area contributed by atoms with E-state index >= 15 is 0 Å². The second-order valence-corrected chi connectivity index (χ2v) is 5.39. The summed E-state index contributed by atoms with van der Waals surface area (Å²) in [6.07, 6.45) is 5.52. The number of rotatable bonds is 5. The van der Waals surface area contributed by atoms with Gasteiger partial charge in [-0.05, 0) is 35.2 Å². The second-order valence-electron chi connectivity index (χ2n) is 4.23. The van der Waals surface area contributed by atoms with E-state index in [2.05, 4.69) is 21.7 Å². The Morgan fingerprint density at radius 1 is 1.40 bits per heavy atom. The molecular weight excluding hydrogens is 226 g/mol. The first-order chi connectivity index (χ1) is 7.40. The summed E-state index contributed by atoms with van der Waals surface area (Å²) in [5.74, 6) is 0.751. The minimum Gasteiger partial charge on any atom is -0.295 e. The summed E-state index contributed by atoms with van der Waals surface area (Å²) in [5.41, 5.74) is 1.44. The third-order valence-corrected chi connectivity index (χ3v) is 4.08. The molecule has 1 aromatic heterocycles. The summed E-state index contributed by atoms with van der Waals surface area (Å²) in [4.78, 5) is 2.56. The Bertz CT molecular complexity index is 267. The van der Waals surface area contributed by atoms with Crippen LogP contribution in [0.1, 0.15) is 31.2 Å². The molecule has 84 valence electrons. The van der Waals surface area contributed by atoms with Crippen LogP contribution in [0.2, 0.25) is 0 Å². The summed E-state index contributed by atoms with van der Waals surface area (Å²) in [7, 11) is 0. The number of halogens is 1. The first-order valence-corrected chi connectivity index (χ1v) is 7.19. The van der Waals surface area contributed by atoms with Gasteiger partial charge in [0.05, 0.1) is 0 Å². The molecule has 0 aliphatic heterocycles. The maximum atomic E-state index is 5.88. The molecule has 0 aromatic carbocycles. The van der Waals surface area contributed by atoms with Gasteiger partial charge in [-0.25, -0.2) is 0 Å². The van der Waals surface area contributed by atoms with E-state index in [1.54, 1.807) is 11.3 Å². The first kappa shape index (κ1) is 11.4. The Labute approximate surface area is 101 Å². The number of alkyl halides is 1. The van der Waals surface area contributed by atoms with Crippen molar-refractivity contribution in [3.05, 3.63) is 22.4 Å². The molecule has 0 bridgehead atoms. The molecule has 1 fully saturated rings. The highest BCUT2D eigenvalue weighted by Crippen LogP contribution is 2.25. The highest BCUT2D eigenvalue weighted by molar-refractivity contribution is 7.07. The average molecular weight is 244 g/mol. The predicted octanol–water partition coefficient (Wildman–Crippen LogP) is 3.73. The van der Waals surface area contributed by atoms with Crippen molar-refractivity contribution in [2.45, 2.75) is 38.3 Å². The van der Waals surface area contributed by atoms with Gasteiger partial charge in [-0.15, -0.1) is 11.6 Å². The SMILES string of the molecule is ClCCN(Cc1ccsc1)C1CCCC1. The van der Waals surface area contributed by atoms with Crippen molar-refractivity contribution in [2.24, 2.45) is 0 Å². The molecular formula is C12H18ClNS. The monoisotopic (exact) mass is 243 g/mol. The van der Waals surface area contributed by atoms with Crippen molar-refractivity contribution >= 4 is 22.9 Å². The van der Waals surface area contributed by atoms with Gasteiger partial charge in [0.1, 0.15) is 0 Å². The minimum atomic E-state index is 0.751. The summed E-state index contributed by atoms with van der Waals surface area (Å²) < 4.78 is 0. The largest absolute Gasteiger partial charge is 0.295 e. The lowest BCUT2D eigenvalue weighted by atomic mass is 10.2. The fourth-order valence-electron chi connectivity index (χ4n) is 2.39. The van der Waals surface area contributed by atoms with Gasteiger partial charge in [0.2, 0.25) is 0 Å². The van der Waals surface area contributed by atoms with Gasteiger partial charge in [-0.3, -0.25) is 4.90 Å². The van der Waals surface area contributed by atoms with Crippen LogP contribution < -0.4 is 0 Å². The second kappa shape index (κ2) is 5.88. The van der Waals surface area contributed by atoms with Crippen molar-refractivity contribution in [1.82, 2.24) is 4.90 Å². The van der Waals surface area contributed by atoms with Gasteiger partial charge < -0.3 is 0 Å². The van der Waals surface area contributed by atoms with Gasteiger partial charge in [0.15, 0.2) is 0 Å². The molecule has 0 spiro atoms. The topological polar surface area (TPSA) is 3.24 Å². The van der Waals surface area contributed by atoms with E-state index in [0.717, 1.165) is 25.0 Å². The Kier molecular flexibility index (Phi) is 4.48. The zero-order valence-corrected chi connectivity index (χ0v) is 10.6. The van der Waals surface area contributed by atoms with Gasteiger partial charge in [0, 0.05) is 25.0 Å². The Morgan fingerprint density at radius 2 is 2.20 bits per heavy atom. The maximum absolute atomic E-state index is 5.88. The number of hydrogen-bond donors (Lipinski definition) is 0. The van der Waals surface area contributed by atoms with Gasteiger partial charge in [-0.2, -0.15) is 11.3 Å². The van der Waals surface area contributed by atoms with Crippen LogP contribution >= 0.6 is 22.9 Å². The molecule has 0 unspecified atom stereocenters. The summed E-state index contributed by atoms with van der Waals surface area (Å²) in [6, 6.07) is 3.00. The lowest BCUT2D eigenvalue weighted by Crippen LogP contribution is -2.34. The molecule has 1 aliphatic carbocycles. The summed E-state index contributed by atoms with van der Waals surface area (Å²) in [5, 5.41) is 4.40. The summed E-state index contributed by atoms with van der Waals surface area (Å²) in [6.45, 7) is 2.11. The Morgan fingerprint density at radius 3 is 2.80 bits per heavy atom. The third kappa shape index (κ3) is 3.20. The van der Waals surface area contributed by atoms with E-state index in [1.807, 2.05) is 0 Å². The van der Waals surface area contributed by atoms with Crippen LogP contribution in [0.3, 0.4) is 0 Å². The van der Waals surface area contributed by atoms with Crippen LogP contribution in [0.4, 0.5) is 0 Å². The molecule has 1 nitrogen and oxygen atoms in total. The number of thiophene rings is 1. The lowest BCUT2D eigenvalue weighted by Gasteiger charge is -2.27. The fourth-order valence-corrected chi connectivity index (χ4v) is 3.26. The summed E-state index contributed by atoms with van der Waals surface area (Å²) >= 11 is 7.66. The normalized spacial score (nSPS) is 17.7. The third-order valence-electron chi connectivity index (χ3n) is 3.18. The lowest BCUT2D eigenvalue weighted by molar-refractivity contribution is 0.202. The molecule has 1 heterocycles. The highest BCUT2D eigenvalue weighted by Gasteiger charge is 2.21. The molecule has 1 saturated carbocycles. The van der Waals surface area contributed by atoms with Crippen molar-refractivity contribution < 1.29 is 0 Å². The quantitative estimate of drug-likeness (QED) is 0.713. The van der Waals surface area contributed by atoms with E-state index in [9.17, 15) is 0 Å². The molecule has 1 aromatic rings. The van der Waals surface area contributed by atoms with E-state index in [1.165, 1.54) is 31.2 Å². The standard InChI is InChI=1S/C12H18ClNS/c13-6-7-14(12-3-1-2-4-12)9-11-5-8-15-10-11/h5,8,10,12H,1-4,6-7,9H2. The van der Waals surface area contributed by atoms with Crippen LogP contribution in [0.5, 0.6) is 0 Å². The molecule has 15 heavy (non-hydrogen) atoms. The van der Waals surface area contributed by atoms with Gasteiger partial charge in [-0.1, -0.05) is 12.8 Å². The van der Waals surface area contributed by atoms with E-state index < -0.39 is 0 Å². The van der Waals surface area contributed by atoms with E-state index in [4.69, 9.17) is 11.6 Å². The van der Waals surface area contributed by atoms with E-state index in [-0.39, 0.29) is 0 Å². The first-order valence-electron chi connectivity index (χ1n) is 5.71. The molecule has 0 radical (unpaired) electrons. The molecule has 0 amide bonds. The zero-order valence-electron chi connectivity index (χ0n) is 8.99. The molecule has 2 rings (SSSR count). The average Bonchev–Trinajstić information content (AvgIpc) is 2.89. The van der Waals surface area contributed by atoms with Crippen molar-refractivity contribution in [1.29, 1.82) is 0 Å². The number of nitrogens with zero attached hydrogens (tertiary/aromatic N) is 1. The zero-order chi connectivity index (χ0) is 10.5. The van der Waals surface area contributed by atoms with Crippen LogP contribution in [-0.2, 0) is 6.54 Å². The van der Waals surface area contributed by atoms with E-state index in [0.29, 0.717) is 0 Å². The van der Waals surface area contributed by atoms with Crippen LogP contribution in [0.25, 0.3) is 0 Å². The smallest absolute Gasteiger partial charge is 0.0351 e. The molecule has 0 saturated heterocycles. The molecule has 0 N–H and O–H groups in total. The van der Waals surface area contributed by atoms with Crippen LogP contribution in [-0.4, -0.2) is 23.4 Å². The molecule has 3 heteroatoms. The Hall–Kier alpha value is -0.0500. The van der Waals surface area contributed by atoms with Crippen LogP contribution in [0, 0.1) is 0 Å². The predicted molar refractivity (Wildman–Crippen MR) is 67.7 cm³/mol.